The summed E-state index contributed by atoms with van der Waals surface area (Å²) in [6, 6.07) is 8.10. The molecule has 0 spiro atoms. The van der Waals surface area contributed by atoms with E-state index in [1.807, 2.05) is 31.5 Å². The van der Waals surface area contributed by atoms with E-state index in [1.165, 1.54) is 5.69 Å². The third-order valence-corrected chi connectivity index (χ3v) is 5.57. The highest BCUT2D eigenvalue weighted by Gasteiger charge is 2.19. The molecule has 7 nitrogen and oxygen atoms in total. The van der Waals surface area contributed by atoms with Gasteiger partial charge in [0.2, 0.25) is 5.91 Å². The molecule has 1 fully saturated rings. The van der Waals surface area contributed by atoms with Crippen LogP contribution in [0.25, 0.3) is 0 Å². The highest BCUT2D eigenvalue weighted by molar-refractivity contribution is 5.95. The van der Waals surface area contributed by atoms with Crippen LogP contribution in [0.5, 0.6) is 0 Å². The van der Waals surface area contributed by atoms with Gasteiger partial charge in [0.15, 0.2) is 0 Å². The lowest BCUT2D eigenvalue weighted by molar-refractivity contribution is -0.116. The van der Waals surface area contributed by atoms with Crippen molar-refractivity contribution in [3.8, 4) is 0 Å². The number of likely N-dealkylation sites (N-methyl/N-ethyl adjacent to an activating group) is 1. The molecule has 0 radical (unpaired) electrons. The molecule has 1 aliphatic rings. The van der Waals surface area contributed by atoms with Gasteiger partial charge in [-0.2, -0.15) is 5.10 Å². The number of hydrogen-bond donors (Lipinski definition) is 2. The molecule has 1 aromatic carbocycles. The van der Waals surface area contributed by atoms with E-state index < -0.39 is 0 Å². The van der Waals surface area contributed by atoms with Gasteiger partial charge in [-0.3, -0.25) is 4.79 Å². The van der Waals surface area contributed by atoms with Crippen molar-refractivity contribution in [2.75, 3.05) is 48.3 Å². The Kier molecular flexibility index (Phi) is 6.79. The molecule has 0 aliphatic carbocycles. The fourth-order valence-electron chi connectivity index (χ4n) is 3.69. The minimum absolute atomic E-state index is 0.0773. The molecule has 3 rings (SSSR count). The Morgan fingerprint density at radius 1 is 1.14 bits per heavy atom. The Morgan fingerprint density at radius 2 is 1.86 bits per heavy atom. The summed E-state index contributed by atoms with van der Waals surface area (Å²) in [5.74, 6) is 0.642. The number of anilines is 3. The van der Waals surface area contributed by atoms with Crippen LogP contribution in [0.1, 0.15) is 39.3 Å². The summed E-state index contributed by atoms with van der Waals surface area (Å²) in [5.41, 5.74) is 3.38. The maximum Gasteiger partial charge on any atom is 0.247 e. The van der Waals surface area contributed by atoms with Crippen molar-refractivity contribution in [3.05, 3.63) is 36.0 Å². The fourth-order valence-corrected chi connectivity index (χ4v) is 3.69. The zero-order valence-corrected chi connectivity index (χ0v) is 18.3. The number of piperazine rings is 1. The van der Waals surface area contributed by atoms with Crippen LogP contribution < -0.4 is 15.5 Å². The first-order valence-electron chi connectivity index (χ1n) is 10.6. The highest BCUT2D eigenvalue weighted by atomic mass is 16.2. The van der Waals surface area contributed by atoms with Crippen molar-refractivity contribution in [3.63, 3.8) is 0 Å². The second kappa shape index (κ2) is 9.31. The smallest absolute Gasteiger partial charge is 0.247 e. The average Bonchev–Trinajstić information content (AvgIpc) is 3.18. The molecule has 29 heavy (non-hydrogen) atoms. The molecule has 0 bridgehead atoms. The number of carbonyl (C=O) groups excluding carboxylic acids is 1. The normalized spacial score (nSPS) is 16.1. The first-order valence-corrected chi connectivity index (χ1v) is 10.6. The average molecular weight is 399 g/mol. The van der Waals surface area contributed by atoms with Crippen molar-refractivity contribution in [2.45, 2.75) is 46.7 Å². The summed E-state index contributed by atoms with van der Waals surface area (Å²) in [7, 11) is 0. The molecule has 1 aliphatic heterocycles. The molecule has 1 amide bonds. The van der Waals surface area contributed by atoms with E-state index in [9.17, 15) is 4.79 Å². The van der Waals surface area contributed by atoms with Crippen molar-refractivity contribution >= 4 is 23.1 Å². The van der Waals surface area contributed by atoms with Crippen LogP contribution >= 0.6 is 0 Å². The minimum atomic E-state index is -0.358. The maximum atomic E-state index is 12.6. The zero-order valence-electron chi connectivity index (χ0n) is 18.3. The molecular weight excluding hydrogens is 364 g/mol. The van der Waals surface area contributed by atoms with Crippen molar-refractivity contribution < 1.29 is 4.79 Å². The van der Waals surface area contributed by atoms with Crippen LogP contribution in [0.3, 0.4) is 0 Å². The molecule has 1 unspecified atom stereocenters. The molecule has 1 saturated heterocycles. The molecule has 2 aromatic rings. The second-order valence-electron chi connectivity index (χ2n) is 8.03. The Labute approximate surface area is 174 Å². The first-order chi connectivity index (χ1) is 13.9. The number of hydrogen-bond acceptors (Lipinski definition) is 5. The van der Waals surface area contributed by atoms with Crippen molar-refractivity contribution in [2.24, 2.45) is 0 Å². The van der Waals surface area contributed by atoms with Crippen LogP contribution in [0, 0.1) is 6.92 Å². The summed E-state index contributed by atoms with van der Waals surface area (Å²) in [5, 5.41) is 10.6. The number of aryl methyl sites for hydroxylation is 1. The van der Waals surface area contributed by atoms with Gasteiger partial charge in [-0.1, -0.05) is 6.92 Å². The van der Waals surface area contributed by atoms with E-state index in [4.69, 9.17) is 0 Å². The van der Waals surface area contributed by atoms with Crippen LogP contribution in [-0.4, -0.2) is 59.4 Å². The van der Waals surface area contributed by atoms with Gasteiger partial charge in [0.25, 0.3) is 0 Å². The van der Waals surface area contributed by atoms with E-state index in [1.54, 1.807) is 6.20 Å². The predicted molar refractivity (Wildman–Crippen MR) is 120 cm³/mol. The summed E-state index contributed by atoms with van der Waals surface area (Å²) in [4.78, 5) is 17.6. The number of carbonyl (C=O) groups is 1. The lowest BCUT2D eigenvalue weighted by Gasteiger charge is -2.35. The second-order valence-corrected chi connectivity index (χ2v) is 8.03. The standard InChI is InChI=1S/C22H34N6O/c1-6-26-11-13-27(14-12-26)19-7-8-20(17(4)15-19)24-18(5)22(29)25-21-9-10-23-28(21)16(2)3/h7-10,15-16,18,24H,6,11-14H2,1-5H3,(H,25,29). The summed E-state index contributed by atoms with van der Waals surface area (Å²) in [6.07, 6.45) is 1.71. The number of nitrogens with zero attached hydrogens (tertiary/aromatic N) is 4. The highest BCUT2D eigenvalue weighted by Crippen LogP contribution is 2.24. The monoisotopic (exact) mass is 398 g/mol. The minimum Gasteiger partial charge on any atom is -0.374 e. The third-order valence-electron chi connectivity index (χ3n) is 5.57. The van der Waals surface area contributed by atoms with Crippen LogP contribution in [0.2, 0.25) is 0 Å². The van der Waals surface area contributed by atoms with E-state index in [0.29, 0.717) is 0 Å². The topological polar surface area (TPSA) is 65.4 Å². The molecule has 1 aromatic heterocycles. The predicted octanol–water partition coefficient (Wildman–Crippen LogP) is 3.35. The quantitative estimate of drug-likeness (QED) is 0.749. The van der Waals surface area contributed by atoms with Gasteiger partial charge >= 0.3 is 0 Å². The first kappa shape index (κ1) is 21.2. The van der Waals surface area contributed by atoms with Gasteiger partial charge in [-0.05, 0) is 58.0 Å². The molecule has 1 atom stereocenters. The van der Waals surface area contributed by atoms with Gasteiger partial charge in [0, 0.05) is 49.7 Å². The Bertz CT molecular complexity index is 822. The summed E-state index contributed by atoms with van der Waals surface area (Å²) >= 11 is 0. The van der Waals surface area contributed by atoms with Gasteiger partial charge in [0.05, 0.1) is 6.20 Å². The lowest BCUT2D eigenvalue weighted by Crippen LogP contribution is -2.46. The van der Waals surface area contributed by atoms with Crippen LogP contribution in [0.4, 0.5) is 17.2 Å². The lowest BCUT2D eigenvalue weighted by atomic mass is 10.1. The Morgan fingerprint density at radius 3 is 2.48 bits per heavy atom. The zero-order chi connectivity index (χ0) is 21.0. The van der Waals surface area contributed by atoms with Crippen LogP contribution in [0.15, 0.2) is 30.5 Å². The van der Waals surface area contributed by atoms with E-state index >= 15 is 0 Å². The molecule has 2 heterocycles. The number of rotatable bonds is 7. The molecule has 0 saturated carbocycles. The van der Waals surface area contributed by atoms with E-state index in [0.717, 1.165) is 49.8 Å². The third kappa shape index (κ3) is 5.09. The number of nitrogens with one attached hydrogen (secondary N) is 2. The molecule has 2 N–H and O–H groups in total. The van der Waals surface area contributed by atoms with Crippen molar-refractivity contribution in [1.29, 1.82) is 0 Å². The Balaban J connectivity index is 1.61. The molecular formula is C22H34N6O. The van der Waals surface area contributed by atoms with Gasteiger partial charge in [-0.15, -0.1) is 0 Å². The number of aromatic nitrogens is 2. The summed E-state index contributed by atoms with van der Waals surface area (Å²) in [6.45, 7) is 15.7. The number of benzene rings is 1. The maximum absolute atomic E-state index is 12.6. The molecule has 158 valence electrons. The summed E-state index contributed by atoms with van der Waals surface area (Å²) < 4.78 is 1.81. The van der Waals surface area contributed by atoms with Crippen LogP contribution in [-0.2, 0) is 4.79 Å². The Hall–Kier alpha value is -2.54. The van der Waals surface area contributed by atoms with Crippen molar-refractivity contribution in [1.82, 2.24) is 14.7 Å². The SMILES string of the molecule is CCN1CCN(c2ccc(NC(C)C(=O)Nc3ccnn3C(C)C)c(C)c2)CC1. The van der Waals surface area contributed by atoms with E-state index in [-0.39, 0.29) is 18.0 Å². The largest absolute Gasteiger partial charge is 0.374 e. The van der Waals surface area contributed by atoms with Gasteiger partial charge in [-0.25, -0.2) is 4.68 Å². The van der Waals surface area contributed by atoms with Gasteiger partial charge < -0.3 is 20.4 Å². The fraction of sp³-hybridized carbons (Fsp3) is 0.545. The molecule has 7 heteroatoms. The van der Waals surface area contributed by atoms with Gasteiger partial charge in [0.1, 0.15) is 11.9 Å². The van der Waals surface area contributed by atoms with E-state index in [2.05, 4.69) is 57.6 Å². The number of amides is 1.